The molecule has 0 saturated carbocycles. The maximum atomic E-state index is 9.72. The lowest BCUT2D eigenvalue weighted by molar-refractivity contribution is 0.199. The van der Waals surface area contributed by atoms with Crippen molar-refractivity contribution < 1.29 is 9.84 Å². The van der Waals surface area contributed by atoms with E-state index in [2.05, 4.69) is 0 Å². The summed E-state index contributed by atoms with van der Waals surface area (Å²) in [6.45, 7) is 1.78. The van der Waals surface area contributed by atoms with Crippen molar-refractivity contribution in [1.82, 2.24) is 0 Å². The Balaban J connectivity index is 2.22. The molecular weight excluding hydrogens is 236 g/mol. The molecule has 0 spiro atoms. The Morgan fingerprint density at radius 2 is 1.68 bits per heavy atom. The second kappa shape index (κ2) is 6.21. The lowest BCUT2D eigenvalue weighted by Gasteiger charge is -2.08. The summed E-state index contributed by atoms with van der Waals surface area (Å²) in [5.74, 6) is 0.849. The van der Waals surface area contributed by atoms with E-state index in [1.54, 1.807) is 14.0 Å². The minimum atomic E-state index is -0.461. The average Bonchev–Trinajstić information content (AvgIpc) is 2.46. The van der Waals surface area contributed by atoms with Crippen LogP contribution in [0.5, 0.6) is 5.75 Å². The molecular formula is C17H18O2. The summed E-state index contributed by atoms with van der Waals surface area (Å²) in [6, 6.07) is 15.7. The second-order valence-electron chi connectivity index (χ2n) is 4.41. The number of benzene rings is 2. The van der Waals surface area contributed by atoms with Crippen LogP contribution >= 0.6 is 0 Å². The third-order valence-corrected chi connectivity index (χ3v) is 3.02. The van der Waals surface area contributed by atoms with Gasteiger partial charge >= 0.3 is 0 Å². The van der Waals surface area contributed by atoms with Crippen LogP contribution in [0.15, 0.2) is 48.5 Å². The Labute approximate surface area is 114 Å². The number of ether oxygens (including phenoxy) is 1. The Hall–Kier alpha value is -2.06. The van der Waals surface area contributed by atoms with Crippen molar-refractivity contribution in [2.24, 2.45) is 0 Å². The van der Waals surface area contributed by atoms with E-state index >= 15 is 0 Å². The van der Waals surface area contributed by atoms with Gasteiger partial charge in [-0.05, 0) is 35.7 Å². The number of aliphatic hydroxyl groups is 1. The topological polar surface area (TPSA) is 29.5 Å². The molecule has 0 fully saturated rings. The fraction of sp³-hybridized carbons (Fsp3) is 0.176. The number of aliphatic hydroxyl groups excluding tert-OH is 1. The first-order chi connectivity index (χ1) is 9.20. The standard InChI is InChI=1S/C17H18O2/c1-13(18)17-6-4-3-5-15(17)10-7-14-8-11-16(19-2)12-9-14/h3-13,18H,1-2H3/b10-7+/t13-/m0/s1. The Kier molecular flexibility index (Phi) is 4.37. The second-order valence-corrected chi connectivity index (χ2v) is 4.41. The molecule has 0 unspecified atom stereocenters. The van der Waals surface area contributed by atoms with Gasteiger partial charge in [-0.2, -0.15) is 0 Å². The van der Waals surface area contributed by atoms with E-state index < -0.39 is 6.10 Å². The van der Waals surface area contributed by atoms with Crippen LogP contribution in [0.1, 0.15) is 29.7 Å². The molecule has 2 aromatic carbocycles. The average molecular weight is 254 g/mol. The van der Waals surface area contributed by atoms with Gasteiger partial charge in [0.05, 0.1) is 13.2 Å². The first-order valence-electron chi connectivity index (χ1n) is 6.30. The quantitative estimate of drug-likeness (QED) is 0.838. The summed E-state index contributed by atoms with van der Waals surface area (Å²) in [5.41, 5.74) is 3.07. The van der Waals surface area contributed by atoms with Gasteiger partial charge in [0.2, 0.25) is 0 Å². The van der Waals surface area contributed by atoms with E-state index in [9.17, 15) is 5.11 Å². The summed E-state index contributed by atoms with van der Waals surface area (Å²) < 4.78 is 5.13. The van der Waals surface area contributed by atoms with E-state index in [4.69, 9.17) is 4.74 Å². The highest BCUT2D eigenvalue weighted by Gasteiger charge is 2.03. The molecule has 2 aromatic rings. The Morgan fingerprint density at radius 1 is 1.00 bits per heavy atom. The predicted octanol–water partition coefficient (Wildman–Crippen LogP) is 3.92. The summed E-state index contributed by atoms with van der Waals surface area (Å²) >= 11 is 0. The number of hydrogen-bond acceptors (Lipinski definition) is 2. The predicted molar refractivity (Wildman–Crippen MR) is 79.0 cm³/mol. The Morgan fingerprint density at radius 3 is 2.32 bits per heavy atom. The molecule has 0 saturated heterocycles. The molecule has 2 nitrogen and oxygen atoms in total. The highest BCUT2D eigenvalue weighted by Crippen LogP contribution is 2.20. The van der Waals surface area contributed by atoms with Crippen LogP contribution < -0.4 is 4.74 Å². The fourth-order valence-corrected chi connectivity index (χ4v) is 1.94. The summed E-state index contributed by atoms with van der Waals surface area (Å²) in [6.07, 6.45) is 3.58. The highest BCUT2D eigenvalue weighted by molar-refractivity contribution is 5.71. The van der Waals surface area contributed by atoms with Gasteiger partial charge in [-0.15, -0.1) is 0 Å². The molecule has 0 aliphatic carbocycles. The van der Waals surface area contributed by atoms with Gasteiger partial charge in [-0.3, -0.25) is 0 Å². The molecule has 2 heteroatoms. The molecule has 0 radical (unpaired) electrons. The molecule has 1 atom stereocenters. The zero-order valence-electron chi connectivity index (χ0n) is 11.2. The van der Waals surface area contributed by atoms with E-state index in [0.29, 0.717) is 0 Å². The van der Waals surface area contributed by atoms with Crippen LogP contribution in [0.25, 0.3) is 12.2 Å². The minimum absolute atomic E-state index is 0.461. The first kappa shape index (κ1) is 13.4. The minimum Gasteiger partial charge on any atom is -0.497 e. The molecule has 0 amide bonds. The molecule has 0 heterocycles. The van der Waals surface area contributed by atoms with Crippen LogP contribution in [0.2, 0.25) is 0 Å². The number of methoxy groups -OCH3 is 1. The molecule has 0 aromatic heterocycles. The molecule has 19 heavy (non-hydrogen) atoms. The first-order valence-corrected chi connectivity index (χ1v) is 6.30. The van der Waals surface area contributed by atoms with E-state index in [0.717, 1.165) is 22.4 Å². The van der Waals surface area contributed by atoms with E-state index in [1.165, 1.54) is 0 Å². The van der Waals surface area contributed by atoms with Crippen LogP contribution in [0.4, 0.5) is 0 Å². The molecule has 0 aliphatic rings. The van der Waals surface area contributed by atoms with Crippen molar-refractivity contribution >= 4 is 12.2 Å². The zero-order chi connectivity index (χ0) is 13.7. The van der Waals surface area contributed by atoms with Gasteiger partial charge < -0.3 is 9.84 Å². The van der Waals surface area contributed by atoms with E-state index in [-0.39, 0.29) is 0 Å². The monoisotopic (exact) mass is 254 g/mol. The lowest BCUT2D eigenvalue weighted by Crippen LogP contribution is -1.93. The van der Waals surface area contributed by atoms with E-state index in [1.807, 2.05) is 60.7 Å². The van der Waals surface area contributed by atoms with Crippen molar-refractivity contribution in [3.05, 3.63) is 65.2 Å². The normalized spacial score (nSPS) is 12.6. The maximum absolute atomic E-state index is 9.72. The largest absolute Gasteiger partial charge is 0.497 e. The van der Waals surface area contributed by atoms with Gasteiger partial charge in [0, 0.05) is 0 Å². The van der Waals surface area contributed by atoms with Crippen LogP contribution in [-0.2, 0) is 0 Å². The van der Waals surface area contributed by atoms with Gasteiger partial charge in [-0.1, -0.05) is 48.6 Å². The zero-order valence-corrected chi connectivity index (χ0v) is 11.2. The van der Waals surface area contributed by atoms with Crippen molar-refractivity contribution in [3.63, 3.8) is 0 Å². The van der Waals surface area contributed by atoms with Gasteiger partial charge in [0.15, 0.2) is 0 Å². The van der Waals surface area contributed by atoms with Gasteiger partial charge in [-0.25, -0.2) is 0 Å². The Bertz CT molecular complexity index is 554. The maximum Gasteiger partial charge on any atom is 0.118 e. The summed E-state index contributed by atoms with van der Waals surface area (Å²) in [5, 5.41) is 9.72. The summed E-state index contributed by atoms with van der Waals surface area (Å²) in [4.78, 5) is 0. The van der Waals surface area contributed by atoms with Crippen LogP contribution in [0.3, 0.4) is 0 Å². The van der Waals surface area contributed by atoms with Crippen LogP contribution in [0, 0.1) is 0 Å². The smallest absolute Gasteiger partial charge is 0.118 e. The van der Waals surface area contributed by atoms with Crippen molar-refractivity contribution in [1.29, 1.82) is 0 Å². The van der Waals surface area contributed by atoms with Gasteiger partial charge in [0.1, 0.15) is 5.75 Å². The fourth-order valence-electron chi connectivity index (χ4n) is 1.94. The molecule has 98 valence electrons. The molecule has 1 N–H and O–H groups in total. The SMILES string of the molecule is COc1ccc(/C=C/c2ccccc2[C@H](C)O)cc1. The third kappa shape index (κ3) is 3.46. The summed E-state index contributed by atoms with van der Waals surface area (Å²) in [7, 11) is 1.66. The van der Waals surface area contributed by atoms with Gasteiger partial charge in [0.25, 0.3) is 0 Å². The lowest BCUT2D eigenvalue weighted by atomic mass is 10.0. The number of rotatable bonds is 4. The van der Waals surface area contributed by atoms with Crippen molar-refractivity contribution in [3.8, 4) is 5.75 Å². The molecule has 0 bridgehead atoms. The number of hydrogen-bond donors (Lipinski definition) is 1. The van der Waals surface area contributed by atoms with Crippen molar-refractivity contribution in [2.75, 3.05) is 7.11 Å². The molecule has 0 aliphatic heterocycles. The van der Waals surface area contributed by atoms with Crippen LogP contribution in [-0.4, -0.2) is 12.2 Å². The molecule has 2 rings (SSSR count). The third-order valence-electron chi connectivity index (χ3n) is 3.02. The highest BCUT2D eigenvalue weighted by atomic mass is 16.5. The van der Waals surface area contributed by atoms with Crippen molar-refractivity contribution in [2.45, 2.75) is 13.0 Å².